The Kier molecular flexibility index (Phi) is 4.33. The monoisotopic (exact) mass is 265 g/mol. The first-order chi connectivity index (χ1) is 8.67. The Morgan fingerprint density at radius 1 is 1.33 bits per heavy atom. The maximum absolute atomic E-state index is 5.93. The molecule has 0 N–H and O–H groups in total. The van der Waals surface area contributed by atoms with Crippen molar-refractivity contribution in [2.24, 2.45) is 0 Å². The molecule has 0 aliphatic rings. The lowest BCUT2D eigenvalue weighted by Crippen LogP contribution is -2.23. The highest BCUT2D eigenvalue weighted by Crippen LogP contribution is 2.11. The number of nitrogens with zero attached hydrogens (tertiary/aromatic N) is 3. The fraction of sp³-hybridized carbons (Fsp3) is 0.385. The second-order valence-corrected chi connectivity index (χ2v) is 4.52. The van der Waals surface area contributed by atoms with E-state index in [0.717, 1.165) is 30.4 Å². The van der Waals surface area contributed by atoms with Crippen LogP contribution in [0.25, 0.3) is 0 Å². The van der Waals surface area contributed by atoms with Crippen LogP contribution in [-0.2, 0) is 13.1 Å². The Bertz CT molecular complexity index is 479. The van der Waals surface area contributed by atoms with Gasteiger partial charge in [-0.1, -0.05) is 18.5 Å². The summed E-state index contributed by atoms with van der Waals surface area (Å²) in [5.41, 5.74) is 0.888. The van der Waals surface area contributed by atoms with Gasteiger partial charge in [-0.2, -0.15) is 0 Å². The van der Waals surface area contributed by atoms with Crippen molar-refractivity contribution in [3.05, 3.63) is 46.9 Å². The third kappa shape index (κ3) is 3.55. The molecule has 0 aliphatic carbocycles. The van der Waals surface area contributed by atoms with Crippen molar-refractivity contribution in [2.45, 2.75) is 26.9 Å². The van der Waals surface area contributed by atoms with Crippen molar-refractivity contribution in [1.29, 1.82) is 0 Å². The minimum Gasteiger partial charge on any atom is -0.468 e. The summed E-state index contributed by atoms with van der Waals surface area (Å²) in [5, 5.41) is 0.492. The van der Waals surface area contributed by atoms with E-state index in [-0.39, 0.29) is 0 Å². The Labute approximate surface area is 112 Å². The molecule has 96 valence electrons. The maximum atomic E-state index is 5.93. The summed E-state index contributed by atoms with van der Waals surface area (Å²) in [7, 11) is 0. The van der Waals surface area contributed by atoms with Crippen LogP contribution in [0.15, 0.2) is 28.9 Å². The molecular formula is C13H16ClN3O. The third-order valence-corrected chi connectivity index (χ3v) is 2.83. The number of hydrogen-bond donors (Lipinski definition) is 0. The molecule has 5 heteroatoms. The summed E-state index contributed by atoms with van der Waals surface area (Å²) in [6, 6.07) is 5.61. The molecule has 0 fully saturated rings. The van der Waals surface area contributed by atoms with Gasteiger partial charge in [-0.25, -0.2) is 9.97 Å². The van der Waals surface area contributed by atoms with E-state index in [9.17, 15) is 0 Å². The number of aromatic nitrogens is 2. The minimum atomic E-state index is 0.492. The van der Waals surface area contributed by atoms with E-state index in [2.05, 4.69) is 21.8 Å². The molecule has 0 unspecified atom stereocenters. The molecule has 18 heavy (non-hydrogen) atoms. The van der Waals surface area contributed by atoms with Crippen molar-refractivity contribution >= 4 is 11.6 Å². The summed E-state index contributed by atoms with van der Waals surface area (Å²) >= 11 is 5.93. The summed E-state index contributed by atoms with van der Waals surface area (Å²) in [6.45, 7) is 6.33. The first-order valence-electron chi connectivity index (χ1n) is 5.92. The lowest BCUT2D eigenvalue weighted by molar-refractivity contribution is 0.242. The maximum Gasteiger partial charge on any atom is 0.144 e. The van der Waals surface area contributed by atoms with Crippen molar-refractivity contribution < 1.29 is 4.42 Å². The van der Waals surface area contributed by atoms with Gasteiger partial charge < -0.3 is 4.42 Å². The first-order valence-corrected chi connectivity index (χ1v) is 6.30. The van der Waals surface area contributed by atoms with Gasteiger partial charge in [0, 0.05) is 5.69 Å². The van der Waals surface area contributed by atoms with Gasteiger partial charge in [-0.3, -0.25) is 4.90 Å². The second-order valence-electron chi connectivity index (χ2n) is 4.13. The van der Waals surface area contributed by atoms with E-state index in [4.69, 9.17) is 16.0 Å². The van der Waals surface area contributed by atoms with Crippen molar-refractivity contribution in [2.75, 3.05) is 6.54 Å². The van der Waals surface area contributed by atoms with Gasteiger partial charge >= 0.3 is 0 Å². The van der Waals surface area contributed by atoms with Crippen LogP contribution in [0, 0.1) is 6.92 Å². The highest BCUT2D eigenvalue weighted by atomic mass is 35.5. The number of rotatable bonds is 5. The Hall–Kier alpha value is -1.39. The Balaban J connectivity index is 2.05. The van der Waals surface area contributed by atoms with Gasteiger partial charge in [0.2, 0.25) is 0 Å². The van der Waals surface area contributed by atoms with E-state index < -0.39 is 0 Å². The third-order valence-electron chi connectivity index (χ3n) is 2.64. The lowest BCUT2D eigenvalue weighted by Gasteiger charge is -2.18. The van der Waals surface area contributed by atoms with Crippen LogP contribution in [-0.4, -0.2) is 21.4 Å². The molecule has 2 aromatic heterocycles. The highest BCUT2D eigenvalue weighted by Gasteiger charge is 2.09. The topological polar surface area (TPSA) is 42.2 Å². The summed E-state index contributed by atoms with van der Waals surface area (Å²) in [4.78, 5) is 10.8. The Morgan fingerprint density at radius 3 is 2.78 bits per heavy atom. The first kappa shape index (κ1) is 13.1. The molecule has 2 aromatic rings. The number of halogens is 1. The zero-order valence-electron chi connectivity index (χ0n) is 10.6. The molecule has 0 aromatic carbocycles. The normalized spacial score (nSPS) is 11.1. The van der Waals surface area contributed by atoms with Gasteiger partial charge in [0.25, 0.3) is 0 Å². The van der Waals surface area contributed by atoms with Crippen LogP contribution in [0.5, 0.6) is 0 Å². The number of furan rings is 1. The van der Waals surface area contributed by atoms with Gasteiger partial charge in [0.1, 0.15) is 16.7 Å². The second kappa shape index (κ2) is 5.98. The lowest BCUT2D eigenvalue weighted by atomic mass is 10.3. The molecule has 0 aliphatic heterocycles. The predicted molar refractivity (Wildman–Crippen MR) is 70.3 cm³/mol. The molecule has 0 bridgehead atoms. The molecule has 2 heterocycles. The zero-order chi connectivity index (χ0) is 13.0. The average molecular weight is 266 g/mol. The quantitative estimate of drug-likeness (QED) is 0.780. The molecule has 0 saturated carbocycles. The van der Waals surface area contributed by atoms with Crippen molar-refractivity contribution in [1.82, 2.24) is 14.9 Å². The minimum absolute atomic E-state index is 0.492. The van der Waals surface area contributed by atoms with E-state index in [0.29, 0.717) is 11.7 Å². The fourth-order valence-electron chi connectivity index (χ4n) is 1.76. The van der Waals surface area contributed by atoms with Gasteiger partial charge in [0.15, 0.2) is 0 Å². The number of hydrogen-bond acceptors (Lipinski definition) is 4. The van der Waals surface area contributed by atoms with Gasteiger partial charge in [0.05, 0.1) is 19.4 Å². The van der Waals surface area contributed by atoms with Crippen molar-refractivity contribution in [3.63, 3.8) is 0 Å². The van der Waals surface area contributed by atoms with E-state index >= 15 is 0 Å². The van der Waals surface area contributed by atoms with E-state index in [1.165, 1.54) is 0 Å². The van der Waals surface area contributed by atoms with E-state index in [1.807, 2.05) is 19.1 Å². The van der Waals surface area contributed by atoms with Crippen LogP contribution in [0.3, 0.4) is 0 Å². The zero-order valence-corrected chi connectivity index (χ0v) is 11.3. The summed E-state index contributed by atoms with van der Waals surface area (Å²) < 4.78 is 5.34. The molecule has 4 nitrogen and oxygen atoms in total. The van der Waals surface area contributed by atoms with Crippen LogP contribution in [0.4, 0.5) is 0 Å². The molecule has 0 radical (unpaired) electrons. The summed E-state index contributed by atoms with van der Waals surface area (Å²) in [6.07, 6.45) is 1.68. The average Bonchev–Trinajstić information content (AvgIpc) is 2.79. The SMILES string of the molecule is CCN(Cc1nc(C)cc(Cl)n1)Cc1ccco1. The van der Waals surface area contributed by atoms with Crippen LogP contribution in [0.2, 0.25) is 5.15 Å². The van der Waals surface area contributed by atoms with Crippen LogP contribution < -0.4 is 0 Å². The predicted octanol–water partition coefficient (Wildman–Crippen LogP) is 3.05. The fourth-order valence-corrected chi connectivity index (χ4v) is 2.02. The Morgan fingerprint density at radius 2 is 2.17 bits per heavy atom. The molecule has 0 amide bonds. The molecule has 2 rings (SSSR count). The molecular weight excluding hydrogens is 250 g/mol. The highest BCUT2D eigenvalue weighted by molar-refractivity contribution is 6.29. The molecule has 0 atom stereocenters. The van der Waals surface area contributed by atoms with Gasteiger partial charge in [-0.05, 0) is 31.7 Å². The summed E-state index contributed by atoms with van der Waals surface area (Å²) in [5.74, 6) is 1.68. The van der Waals surface area contributed by atoms with Crippen molar-refractivity contribution in [3.8, 4) is 0 Å². The van der Waals surface area contributed by atoms with Crippen LogP contribution in [0.1, 0.15) is 24.2 Å². The standard InChI is InChI=1S/C13H16ClN3O/c1-3-17(8-11-5-4-6-18-11)9-13-15-10(2)7-12(14)16-13/h4-7H,3,8-9H2,1-2H3. The number of aryl methyl sites for hydroxylation is 1. The molecule has 0 spiro atoms. The van der Waals surface area contributed by atoms with E-state index in [1.54, 1.807) is 12.3 Å². The largest absolute Gasteiger partial charge is 0.468 e. The molecule has 0 saturated heterocycles. The smallest absolute Gasteiger partial charge is 0.144 e. The van der Waals surface area contributed by atoms with Crippen LogP contribution >= 0.6 is 11.6 Å². The van der Waals surface area contributed by atoms with Gasteiger partial charge in [-0.15, -0.1) is 0 Å².